The highest BCUT2D eigenvalue weighted by Gasteiger charge is 2.46. The van der Waals surface area contributed by atoms with Gasteiger partial charge >= 0.3 is 6.85 Å². The van der Waals surface area contributed by atoms with Gasteiger partial charge in [0.15, 0.2) is 0 Å². The molecule has 0 N–H and O–H groups in total. The molecule has 0 fully saturated rings. The Hall–Kier alpha value is -6.58. The summed E-state index contributed by atoms with van der Waals surface area (Å²) in [4.78, 5) is 2.72. The Kier molecular flexibility index (Phi) is 7.12. The topological polar surface area (TPSA) is 8.17 Å². The van der Waals surface area contributed by atoms with E-state index in [0.717, 1.165) is 0 Å². The average Bonchev–Trinajstić information content (AvgIpc) is 3.59. The van der Waals surface area contributed by atoms with E-state index in [-0.39, 0.29) is 23.1 Å². The summed E-state index contributed by atoms with van der Waals surface area (Å²) in [5.74, 6) is 0. The molecular formula is C60H51BN2. The summed E-state index contributed by atoms with van der Waals surface area (Å²) in [6, 6.07) is 57.0. The van der Waals surface area contributed by atoms with Gasteiger partial charge in [0.1, 0.15) is 0 Å². The zero-order valence-electron chi connectivity index (χ0n) is 37.8. The minimum absolute atomic E-state index is 0.00643. The molecule has 2 nitrogen and oxygen atoms in total. The van der Waals surface area contributed by atoms with Gasteiger partial charge < -0.3 is 9.38 Å². The Bertz CT molecular complexity index is 3790. The van der Waals surface area contributed by atoms with Gasteiger partial charge in [-0.1, -0.05) is 165 Å². The molecule has 63 heavy (non-hydrogen) atoms. The first kappa shape index (κ1) is 37.0. The second-order valence-electron chi connectivity index (χ2n) is 21.8. The SMILES string of the molecule is CC(C)(C)c1cc2ccc3c4c5c(c6ccc(c1)c2c36)-n1c2ccc(C(C)(C)C)cc2c2cc(C(C)(C)C)cc(c21)B5N(c1ccc2ccccc2c1)c1cc2ccccc2cc1-4. The fraction of sp³-hybridized carbons (Fsp3) is 0.200. The molecule has 0 saturated carbocycles. The van der Waals surface area contributed by atoms with Crippen LogP contribution in [0.25, 0.3) is 92.5 Å². The van der Waals surface area contributed by atoms with Crippen molar-refractivity contribution in [2.75, 3.05) is 4.81 Å². The lowest BCUT2D eigenvalue weighted by molar-refractivity contribution is 0.590. The Labute approximate surface area is 370 Å². The van der Waals surface area contributed by atoms with Crippen LogP contribution in [0.15, 0.2) is 146 Å². The highest BCUT2D eigenvalue weighted by atomic mass is 15.1. The van der Waals surface area contributed by atoms with Crippen LogP contribution in [-0.4, -0.2) is 11.4 Å². The van der Waals surface area contributed by atoms with E-state index in [1.165, 1.54) is 131 Å². The third kappa shape index (κ3) is 5.03. The van der Waals surface area contributed by atoms with Crippen molar-refractivity contribution in [2.45, 2.75) is 78.6 Å². The normalized spacial score (nSPS) is 14.0. The van der Waals surface area contributed by atoms with Crippen molar-refractivity contribution >= 4 is 105 Å². The van der Waals surface area contributed by atoms with Crippen molar-refractivity contribution < 1.29 is 0 Å². The molecule has 3 heteroatoms. The Morgan fingerprint density at radius 1 is 0.429 bits per heavy atom. The second kappa shape index (κ2) is 12.1. The molecule has 1 aromatic heterocycles. The van der Waals surface area contributed by atoms with Crippen LogP contribution in [0.4, 0.5) is 11.4 Å². The van der Waals surface area contributed by atoms with Crippen LogP contribution < -0.4 is 15.7 Å². The van der Waals surface area contributed by atoms with Gasteiger partial charge in [-0.15, -0.1) is 0 Å². The third-order valence-corrected chi connectivity index (χ3v) is 14.8. The molecule has 0 amide bonds. The van der Waals surface area contributed by atoms with Gasteiger partial charge in [0.25, 0.3) is 0 Å². The molecule has 10 aromatic carbocycles. The summed E-state index contributed by atoms with van der Waals surface area (Å²) in [6.45, 7) is 21.1. The van der Waals surface area contributed by atoms with E-state index in [0.29, 0.717) is 0 Å². The number of fused-ring (bicyclic) bond motifs is 11. The van der Waals surface area contributed by atoms with Crippen LogP contribution in [0.5, 0.6) is 0 Å². The lowest BCUT2D eigenvalue weighted by Crippen LogP contribution is -2.61. The Balaban J connectivity index is 1.29. The first-order chi connectivity index (χ1) is 30.1. The highest BCUT2D eigenvalue weighted by Crippen LogP contribution is 2.52. The Morgan fingerprint density at radius 2 is 1.02 bits per heavy atom. The van der Waals surface area contributed by atoms with Crippen LogP contribution in [0.2, 0.25) is 0 Å². The van der Waals surface area contributed by atoms with Crippen molar-refractivity contribution in [1.82, 2.24) is 4.57 Å². The molecule has 0 bridgehead atoms. The van der Waals surface area contributed by atoms with Gasteiger partial charge in [0.2, 0.25) is 0 Å². The van der Waals surface area contributed by atoms with E-state index >= 15 is 0 Å². The van der Waals surface area contributed by atoms with E-state index in [9.17, 15) is 0 Å². The molecular weight excluding hydrogens is 759 g/mol. The van der Waals surface area contributed by atoms with E-state index in [2.05, 4.69) is 217 Å². The van der Waals surface area contributed by atoms with E-state index < -0.39 is 0 Å². The average molecular weight is 811 g/mol. The smallest absolute Gasteiger partial charge is 0.333 e. The standard InChI is InChI=1S/C60H51BN2/c1-58(2,3)40-21-25-50-46(31-40)47-32-42(60(7,8)9)33-49-56(47)62(50)57-45-24-20-39-27-41(59(4,5)6)26-38-19-23-44(53(45)52(38)39)54-48-29-36-16-12-13-17-37(36)30-51(48)63(61(49)55(54)57)43-22-18-34-14-10-11-15-35(34)28-43/h10-33H,1-9H3. The molecule has 13 rings (SSSR count). The molecule has 0 spiro atoms. The quantitative estimate of drug-likeness (QED) is 0.118. The fourth-order valence-corrected chi connectivity index (χ4v) is 11.5. The maximum Gasteiger partial charge on any atom is 0.333 e. The van der Waals surface area contributed by atoms with Crippen molar-refractivity contribution in [2.24, 2.45) is 0 Å². The summed E-state index contributed by atoms with van der Waals surface area (Å²) in [5, 5.41) is 15.7. The third-order valence-electron chi connectivity index (χ3n) is 14.8. The van der Waals surface area contributed by atoms with Crippen molar-refractivity contribution in [3.05, 3.63) is 162 Å². The lowest BCUT2D eigenvalue weighted by Gasteiger charge is -2.43. The summed E-state index contributed by atoms with van der Waals surface area (Å²) in [7, 11) is 0. The molecule has 304 valence electrons. The Morgan fingerprint density at radius 3 is 1.70 bits per heavy atom. The number of benzene rings is 10. The van der Waals surface area contributed by atoms with Gasteiger partial charge in [-0.3, -0.25) is 0 Å². The molecule has 0 aliphatic carbocycles. The van der Waals surface area contributed by atoms with Gasteiger partial charge in [0, 0.05) is 38.5 Å². The van der Waals surface area contributed by atoms with E-state index in [4.69, 9.17) is 0 Å². The first-order valence-electron chi connectivity index (χ1n) is 22.9. The predicted octanol–water partition coefficient (Wildman–Crippen LogP) is 15.1. The number of hydrogen-bond donors (Lipinski definition) is 0. The summed E-state index contributed by atoms with van der Waals surface area (Å²) < 4.78 is 2.70. The molecule has 2 aliphatic rings. The second-order valence-corrected chi connectivity index (χ2v) is 21.8. The van der Waals surface area contributed by atoms with Crippen LogP contribution in [0, 0.1) is 0 Å². The van der Waals surface area contributed by atoms with Crippen LogP contribution in [0.1, 0.15) is 79.0 Å². The largest absolute Gasteiger partial charge is 0.376 e. The molecule has 11 aromatic rings. The molecule has 0 unspecified atom stereocenters. The number of anilines is 2. The molecule has 3 heterocycles. The zero-order chi connectivity index (χ0) is 43.1. The number of aromatic nitrogens is 1. The first-order valence-corrected chi connectivity index (χ1v) is 22.9. The maximum atomic E-state index is 2.72. The number of nitrogens with zero attached hydrogens (tertiary/aromatic N) is 2. The van der Waals surface area contributed by atoms with E-state index in [1.54, 1.807) is 0 Å². The summed E-state index contributed by atoms with van der Waals surface area (Å²) in [5.41, 5.74) is 15.9. The van der Waals surface area contributed by atoms with Crippen LogP contribution in [0.3, 0.4) is 0 Å². The monoisotopic (exact) mass is 810 g/mol. The number of hydrogen-bond acceptors (Lipinski definition) is 1. The minimum Gasteiger partial charge on any atom is -0.376 e. The van der Waals surface area contributed by atoms with Gasteiger partial charge in [0.05, 0.1) is 16.7 Å². The predicted molar refractivity (Wildman–Crippen MR) is 275 cm³/mol. The van der Waals surface area contributed by atoms with Crippen LogP contribution in [-0.2, 0) is 16.2 Å². The van der Waals surface area contributed by atoms with Crippen molar-refractivity contribution in [1.29, 1.82) is 0 Å². The fourth-order valence-electron chi connectivity index (χ4n) is 11.5. The number of rotatable bonds is 1. The van der Waals surface area contributed by atoms with Gasteiger partial charge in [-0.05, 0) is 135 Å². The highest BCUT2D eigenvalue weighted by molar-refractivity contribution is 6.94. The molecule has 0 radical (unpaired) electrons. The van der Waals surface area contributed by atoms with Gasteiger partial charge in [-0.25, -0.2) is 0 Å². The maximum absolute atomic E-state index is 2.72. The lowest BCUT2D eigenvalue weighted by atomic mass is 9.43. The molecule has 2 aliphatic heterocycles. The van der Waals surface area contributed by atoms with Crippen LogP contribution >= 0.6 is 0 Å². The molecule has 0 saturated heterocycles. The van der Waals surface area contributed by atoms with Gasteiger partial charge in [-0.2, -0.15) is 0 Å². The van der Waals surface area contributed by atoms with Crippen molar-refractivity contribution in [3.63, 3.8) is 0 Å². The zero-order valence-corrected chi connectivity index (χ0v) is 37.8. The van der Waals surface area contributed by atoms with E-state index in [1.807, 2.05) is 0 Å². The minimum atomic E-state index is -0.0945. The summed E-state index contributed by atoms with van der Waals surface area (Å²) in [6.07, 6.45) is 0. The van der Waals surface area contributed by atoms with Crippen molar-refractivity contribution in [3.8, 4) is 16.8 Å². The summed E-state index contributed by atoms with van der Waals surface area (Å²) >= 11 is 0. The molecule has 0 atom stereocenters.